The van der Waals surface area contributed by atoms with E-state index in [0.29, 0.717) is 12.5 Å². The Labute approximate surface area is 133 Å². The Morgan fingerprint density at radius 3 is 2.48 bits per heavy atom. The third kappa shape index (κ3) is 4.37. The van der Waals surface area contributed by atoms with E-state index in [1.54, 1.807) is 0 Å². The van der Waals surface area contributed by atoms with Gasteiger partial charge in [-0.05, 0) is 36.0 Å². The predicted octanol–water partition coefficient (Wildman–Crippen LogP) is 3.32. The second-order valence-corrected chi connectivity index (χ2v) is 6.39. The molecule has 4 heteroatoms. The fourth-order valence-electron chi connectivity index (χ4n) is 3.54. The first-order chi connectivity index (χ1) is 9.72. The number of hydrogen-bond donors (Lipinski definition) is 2. The highest BCUT2D eigenvalue weighted by Gasteiger charge is 2.43. The van der Waals surface area contributed by atoms with Crippen LogP contribution in [0.25, 0.3) is 0 Å². The summed E-state index contributed by atoms with van der Waals surface area (Å²) in [5, 5.41) is 3.19. The van der Waals surface area contributed by atoms with Crippen LogP contribution in [-0.4, -0.2) is 11.9 Å². The number of halogens is 1. The minimum Gasteiger partial charge on any atom is -0.399 e. The third-order valence-electron chi connectivity index (χ3n) is 4.79. The van der Waals surface area contributed by atoms with Gasteiger partial charge in [0.2, 0.25) is 5.91 Å². The number of benzene rings is 1. The van der Waals surface area contributed by atoms with Crippen LogP contribution in [-0.2, 0) is 11.2 Å². The molecule has 21 heavy (non-hydrogen) atoms. The van der Waals surface area contributed by atoms with E-state index in [-0.39, 0.29) is 18.3 Å². The normalized spacial score (nSPS) is 25.0. The fourth-order valence-corrected chi connectivity index (χ4v) is 3.54. The van der Waals surface area contributed by atoms with Crippen LogP contribution in [0.15, 0.2) is 24.3 Å². The average molecular weight is 309 g/mol. The summed E-state index contributed by atoms with van der Waals surface area (Å²) in [7, 11) is 0. The van der Waals surface area contributed by atoms with Gasteiger partial charge in [-0.15, -0.1) is 12.4 Å². The largest absolute Gasteiger partial charge is 0.399 e. The molecule has 0 heterocycles. The Morgan fingerprint density at radius 1 is 1.14 bits per heavy atom. The van der Waals surface area contributed by atoms with Crippen molar-refractivity contribution in [1.82, 2.24) is 5.32 Å². The van der Waals surface area contributed by atoms with Crippen molar-refractivity contribution >= 4 is 24.0 Å². The first-order valence-electron chi connectivity index (χ1n) is 7.86. The topological polar surface area (TPSA) is 55.1 Å². The van der Waals surface area contributed by atoms with E-state index in [1.165, 1.54) is 38.5 Å². The highest BCUT2D eigenvalue weighted by Crippen LogP contribution is 2.44. The van der Waals surface area contributed by atoms with Crippen molar-refractivity contribution in [1.29, 1.82) is 0 Å². The highest BCUT2D eigenvalue weighted by molar-refractivity contribution is 5.85. The van der Waals surface area contributed by atoms with Crippen LogP contribution in [0.1, 0.15) is 44.1 Å². The van der Waals surface area contributed by atoms with Gasteiger partial charge >= 0.3 is 0 Å². The monoisotopic (exact) mass is 308 g/mol. The van der Waals surface area contributed by atoms with Gasteiger partial charge in [0.05, 0.1) is 6.42 Å². The SMILES string of the molecule is Cl.Nc1ccc(CC(=O)NC2CC2C2CCCCC2)cc1. The molecule has 2 fully saturated rings. The lowest BCUT2D eigenvalue weighted by atomic mass is 9.85. The molecule has 3 nitrogen and oxygen atoms in total. The molecule has 1 aromatic carbocycles. The summed E-state index contributed by atoms with van der Waals surface area (Å²) in [6.07, 6.45) is 8.56. The van der Waals surface area contributed by atoms with Crippen LogP contribution in [0.4, 0.5) is 5.69 Å². The number of nitrogen functional groups attached to an aromatic ring is 1. The quantitative estimate of drug-likeness (QED) is 0.838. The minimum atomic E-state index is 0. The molecule has 2 aliphatic carbocycles. The molecule has 1 amide bonds. The number of nitrogens with one attached hydrogen (secondary N) is 1. The number of hydrogen-bond acceptors (Lipinski definition) is 2. The minimum absolute atomic E-state index is 0. The van der Waals surface area contributed by atoms with Crippen LogP contribution in [0.2, 0.25) is 0 Å². The van der Waals surface area contributed by atoms with Crippen molar-refractivity contribution < 1.29 is 4.79 Å². The molecule has 0 aromatic heterocycles. The van der Waals surface area contributed by atoms with E-state index in [0.717, 1.165) is 23.1 Å². The Bertz CT molecular complexity index is 468. The van der Waals surface area contributed by atoms with Crippen molar-refractivity contribution in [2.45, 2.75) is 51.0 Å². The summed E-state index contributed by atoms with van der Waals surface area (Å²) in [5.74, 6) is 1.77. The lowest BCUT2D eigenvalue weighted by molar-refractivity contribution is -0.120. The number of amides is 1. The van der Waals surface area contributed by atoms with E-state index >= 15 is 0 Å². The molecule has 116 valence electrons. The molecular formula is C17H25ClN2O. The standard InChI is InChI=1S/C17H24N2O.ClH/c18-14-8-6-12(7-9-14)10-17(20)19-16-11-15(16)13-4-2-1-3-5-13;/h6-9,13,15-16H,1-5,10-11,18H2,(H,19,20);1H. The smallest absolute Gasteiger partial charge is 0.224 e. The lowest BCUT2D eigenvalue weighted by Crippen LogP contribution is -2.29. The Morgan fingerprint density at radius 2 is 1.81 bits per heavy atom. The fraction of sp³-hybridized carbons (Fsp3) is 0.588. The molecular weight excluding hydrogens is 284 g/mol. The third-order valence-corrected chi connectivity index (χ3v) is 4.79. The summed E-state index contributed by atoms with van der Waals surface area (Å²) >= 11 is 0. The zero-order chi connectivity index (χ0) is 13.9. The first kappa shape index (κ1) is 16.2. The molecule has 0 saturated heterocycles. The highest BCUT2D eigenvalue weighted by atomic mass is 35.5. The van der Waals surface area contributed by atoms with Gasteiger partial charge in [0.15, 0.2) is 0 Å². The number of carbonyl (C=O) groups excluding carboxylic acids is 1. The van der Waals surface area contributed by atoms with Gasteiger partial charge < -0.3 is 11.1 Å². The maximum absolute atomic E-state index is 12.0. The van der Waals surface area contributed by atoms with Crippen LogP contribution >= 0.6 is 12.4 Å². The molecule has 2 aliphatic rings. The van der Waals surface area contributed by atoms with Gasteiger partial charge in [-0.1, -0.05) is 44.2 Å². The zero-order valence-corrected chi connectivity index (χ0v) is 13.2. The molecule has 2 unspecified atom stereocenters. The van der Waals surface area contributed by atoms with Crippen molar-refractivity contribution in [3.8, 4) is 0 Å². The van der Waals surface area contributed by atoms with Crippen LogP contribution in [0.3, 0.4) is 0 Å². The Hall–Kier alpha value is -1.22. The van der Waals surface area contributed by atoms with Gasteiger partial charge in [0.1, 0.15) is 0 Å². The van der Waals surface area contributed by atoms with E-state index in [9.17, 15) is 4.79 Å². The van der Waals surface area contributed by atoms with Crippen LogP contribution in [0, 0.1) is 11.8 Å². The number of anilines is 1. The van der Waals surface area contributed by atoms with Crippen molar-refractivity contribution in [3.05, 3.63) is 29.8 Å². The summed E-state index contributed by atoms with van der Waals surface area (Å²) in [6, 6.07) is 8.01. The van der Waals surface area contributed by atoms with Gasteiger partial charge in [-0.3, -0.25) is 4.79 Å². The second-order valence-electron chi connectivity index (χ2n) is 6.39. The van der Waals surface area contributed by atoms with Gasteiger partial charge in [0, 0.05) is 11.7 Å². The average Bonchev–Trinajstić information content (AvgIpc) is 3.21. The van der Waals surface area contributed by atoms with Crippen LogP contribution < -0.4 is 11.1 Å². The predicted molar refractivity (Wildman–Crippen MR) is 88.4 cm³/mol. The molecule has 2 atom stereocenters. The summed E-state index contributed by atoms with van der Waals surface area (Å²) < 4.78 is 0. The molecule has 0 bridgehead atoms. The molecule has 3 N–H and O–H groups in total. The number of nitrogens with two attached hydrogens (primary N) is 1. The molecule has 2 saturated carbocycles. The van der Waals surface area contributed by atoms with E-state index in [2.05, 4.69) is 5.32 Å². The van der Waals surface area contributed by atoms with Gasteiger partial charge in [-0.2, -0.15) is 0 Å². The van der Waals surface area contributed by atoms with Crippen molar-refractivity contribution in [2.24, 2.45) is 11.8 Å². The molecule has 3 rings (SSSR count). The van der Waals surface area contributed by atoms with E-state index < -0.39 is 0 Å². The van der Waals surface area contributed by atoms with Gasteiger partial charge in [-0.25, -0.2) is 0 Å². The zero-order valence-electron chi connectivity index (χ0n) is 12.4. The number of rotatable bonds is 4. The van der Waals surface area contributed by atoms with E-state index in [4.69, 9.17) is 5.73 Å². The molecule has 0 aliphatic heterocycles. The van der Waals surface area contributed by atoms with Crippen molar-refractivity contribution in [2.75, 3.05) is 5.73 Å². The lowest BCUT2D eigenvalue weighted by Gasteiger charge is -2.21. The number of carbonyl (C=O) groups is 1. The molecule has 0 radical (unpaired) electrons. The summed E-state index contributed by atoms with van der Waals surface area (Å²) in [5.41, 5.74) is 7.43. The Kier molecular flexibility index (Phi) is 5.51. The molecule has 0 spiro atoms. The van der Waals surface area contributed by atoms with E-state index in [1.807, 2.05) is 24.3 Å². The maximum atomic E-state index is 12.0. The van der Waals surface area contributed by atoms with Gasteiger partial charge in [0.25, 0.3) is 0 Å². The van der Waals surface area contributed by atoms with Crippen molar-refractivity contribution in [3.63, 3.8) is 0 Å². The molecule has 1 aromatic rings. The summed E-state index contributed by atoms with van der Waals surface area (Å²) in [4.78, 5) is 12.0. The Balaban J connectivity index is 0.00000161. The first-order valence-corrected chi connectivity index (χ1v) is 7.86. The maximum Gasteiger partial charge on any atom is 0.224 e. The summed E-state index contributed by atoms with van der Waals surface area (Å²) in [6.45, 7) is 0. The van der Waals surface area contributed by atoms with Crippen LogP contribution in [0.5, 0.6) is 0 Å². The second kappa shape index (κ2) is 7.17.